The van der Waals surface area contributed by atoms with Crippen LogP contribution in [0.3, 0.4) is 0 Å². The lowest BCUT2D eigenvalue weighted by Crippen LogP contribution is -2.38. The second kappa shape index (κ2) is 9.07. The van der Waals surface area contributed by atoms with Gasteiger partial charge in [-0.3, -0.25) is 9.59 Å². The van der Waals surface area contributed by atoms with Crippen molar-refractivity contribution in [2.75, 3.05) is 26.2 Å². The number of nitriles is 1. The van der Waals surface area contributed by atoms with Gasteiger partial charge in [-0.05, 0) is 80.0 Å². The number of hydrogen-bond acceptors (Lipinski definition) is 4. The number of piperidine rings is 2. The van der Waals surface area contributed by atoms with Gasteiger partial charge in [-0.15, -0.1) is 0 Å². The SMILES string of the molecule is N#Cc1ccc(C(=O)N2CCC(c3ccn4ncc(C(=O)N5CCCCC5)c4c3)CC2)cc1. The molecule has 0 N–H and O–H groups in total. The Labute approximate surface area is 193 Å². The first kappa shape index (κ1) is 21.2. The van der Waals surface area contributed by atoms with Gasteiger partial charge in [-0.1, -0.05) is 0 Å². The van der Waals surface area contributed by atoms with Crippen molar-refractivity contribution in [1.82, 2.24) is 19.4 Å². The molecule has 7 heteroatoms. The number of hydrogen-bond donors (Lipinski definition) is 0. The Morgan fingerprint density at radius 3 is 2.30 bits per heavy atom. The number of carbonyl (C=O) groups is 2. The molecule has 0 bridgehead atoms. The van der Waals surface area contributed by atoms with Gasteiger partial charge >= 0.3 is 0 Å². The Morgan fingerprint density at radius 1 is 0.909 bits per heavy atom. The zero-order chi connectivity index (χ0) is 22.8. The molecule has 3 aromatic rings. The van der Waals surface area contributed by atoms with E-state index in [-0.39, 0.29) is 11.8 Å². The predicted molar refractivity (Wildman–Crippen MR) is 124 cm³/mol. The van der Waals surface area contributed by atoms with Crippen LogP contribution >= 0.6 is 0 Å². The third kappa shape index (κ3) is 4.21. The summed E-state index contributed by atoms with van der Waals surface area (Å²) >= 11 is 0. The van der Waals surface area contributed by atoms with E-state index in [1.807, 2.05) is 16.0 Å². The molecule has 0 unspecified atom stereocenters. The lowest BCUT2D eigenvalue weighted by molar-refractivity contribution is 0.0709. The molecular formula is C26H27N5O2. The third-order valence-corrected chi connectivity index (χ3v) is 6.93. The van der Waals surface area contributed by atoms with Gasteiger partial charge in [0.25, 0.3) is 11.8 Å². The van der Waals surface area contributed by atoms with Crippen molar-refractivity contribution in [3.63, 3.8) is 0 Å². The van der Waals surface area contributed by atoms with Gasteiger partial charge < -0.3 is 9.80 Å². The van der Waals surface area contributed by atoms with Gasteiger partial charge in [0.05, 0.1) is 28.9 Å². The van der Waals surface area contributed by atoms with Gasteiger partial charge in [-0.25, -0.2) is 4.52 Å². The monoisotopic (exact) mass is 441 g/mol. The summed E-state index contributed by atoms with van der Waals surface area (Å²) in [6.45, 7) is 3.02. The maximum atomic E-state index is 13.1. The highest BCUT2D eigenvalue weighted by Gasteiger charge is 2.26. The smallest absolute Gasteiger partial charge is 0.257 e. The quantitative estimate of drug-likeness (QED) is 0.618. The average molecular weight is 442 g/mol. The van der Waals surface area contributed by atoms with E-state index in [4.69, 9.17) is 5.26 Å². The van der Waals surface area contributed by atoms with Crippen LogP contribution in [0.2, 0.25) is 0 Å². The van der Waals surface area contributed by atoms with Crippen molar-refractivity contribution in [1.29, 1.82) is 5.26 Å². The molecule has 2 fully saturated rings. The molecule has 0 saturated carbocycles. The number of likely N-dealkylation sites (tertiary alicyclic amines) is 2. The van der Waals surface area contributed by atoms with Crippen LogP contribution < -0.4 is 0 Å². The first-order valence-electron chi connectivity index (χ1n) is 11.7. The number of pyridine rings is 1. The summed E-state index contributed by atoms with van der Waals surface area (Å²) in [6, 6.07) is 13.1. The van der Waals surface area contributed by atoms with Crippen molar-refractivity contribution < 1.29 is 9.59 Å². The van der Waals surface area contributed by atoms with Crippen LogP contribution in [0.1, 0.15) is 69.9 Å². The largest absolute Gasteiger partial charge is 0.339 e. The van der Waals surface area contributed by atoms with Gasteiger partial charge in [0.2, 0.25) is 0 Å². The first-order valence-corrected chi connectivity index (χ1v) is 11.7. The molecule has 2 aliphatic heterocycles. The summed E-state index contributed by atoms with van der Waals surface area (Å²) in [4.78, 5) is 29.7. The van der Waals surface area contributed by atoms with Crippen molar-refractivity contribution in [3.8, 4) is 6.07 Å². The molecule has 0 radical (unpaired) electrons. The standard InChI is InChI=1S/C26H27N5O2/c27-17-19-4-6-21(7-5-19)25(32)30-13-8-20(9-14-30)22-10-15-31-24(16-22)23(18-28-31)26(33)29-11-2-1-3-12-29/h4-7,10,15-16,18,20H,1-3,8-9,11-14H2. The molecule has 5 rings (SSSR count). The summed E-state index contributed by atoms with van der Waals surface area (Å²) in [5, 5.41) is 13.3. The van der Waals surface area contributed by atoms with E-state index in [1.165, 1.54) is 12.0 Å². The van der Waals surface area contributed by atoms with Gasteiger partial charge in [0.1, 0.15) is 0 Å². The van der Waals surface area contributed by atoms with Crippen molar-refractivity contribution in [2.45, 2.75) is 38.0 Å². The number of benzene rings is 1. The Bertz CT molecular complexity index is 1210. The zero-order valence-corrected chi connectivity index (χ0v) is 18.6. The molecule has 0 atom stereocenters. The average Bonchev–Trinajstić information content (AvgIpc) is 3.32. The Kier molecular flexibility index (Phi) is 5.82. The molecule has 168 valence electrons. The Balaban J connectivity index is 1.28. The molecule has 33 heavy (non-hydrogen) atoms. The molecule has 1 aromatic carbocycles. The lowest BCUT2D eigenvalue weighted by atomic mass is 9.89. The molecule has 7 nitrogen and oxygen atoms in total. The van der Waals surface area contributed by atoms with Crippen LogP contribution in [-0.2, 0) is 0 Å². The Hall–Kier alpha value is -3.66. The first-order chi connectivity index (χ1) is 16.1. The maximum Gasteiger partial charge on any atom is 0.257 e. The zero-order valence-electron chi connectivity index (χ0n) is 18.6. The molecule has 2 saturated heterocycles. The number of rotatable bonds is 3. The minimum absolute atomic E-state index is 0.0126. The molecule has 0 aliphatic carbocycles. The summed E-state index contributed by atoms with van der Waals surface area (Å²) in [5.74, 6) is 0.427. The van der Waals surface area contributed by atoms with Gasteiger partial charge in [0, 0.05) is 37.9 Å². The number of amides is 2. The molecule has 2 aliphatic rings. The van der Waals surface area contributed by atoms with E-state index >= 15 is 0 Å². The van der Waals surface area contributed by atoms with E-state index < -0.39 is 0 Å². The molecular weight excluding hydrogens is 414 g/mol. The van der Waals surface area contributed by atoms with Crippen LogP contribution in [-0.4, -0.2) is 57.4 Å². The lowest BCUT2D eigenvalue weighted by Gasteiger charge is -2.32. The highest BCUT2D eigenvalue weighted by molar-refractivity contribution is 6.00. The minimum Gasteiger partial charge on any atom is -0.339 e. The predicted octanol–water partition coefficient (Wildman–Crippen LogP) is 3.85. The van der Waals surface area contributed by atoms with E-state index in [0.717, 1.165) is 44.3 Å². The van der Waals surface area contributed by atoms with Crippen LogP contribution in [0.15, 0.2) is 48.8 Å². The van der Waals surface area contributed by atoms with Crippen LogP contribution in [0, 0.1) is 11.3 Å². The van der Waals surface area contributed by atoms with Crippen molar-refractivity contribution in [2.24, 2.45) is 0 Å². The molecule has 2 aromatic heterocycles. The number of fused-ring (bicyclic) bond motifs is 1. The van der Waals surface area contributed by atoms with E-state index in [2.05, 4.69) is 23.3 Å². The number of carbonyl (C=O) groups excluding carboxylic acids is 2. The van der Waals surface area contributed by atoms with E-state index in [1.54, 1.807) is 35.0 Å². The summed E-state index contributed by atoms with van der Waals surface area (Å²) in [7, 11) is 0. The summed E-state index contributed by atoms with van der Waals surface area (Å²) < 4.78 is 1.78. The van der Waals surface area contributed by atoms with Crippen molar-refractivity contribution in [3.05, 3.63) is 71.0 Å². The molecule has 2 amide bonds. The second-order valence-corrected chi connectivity index (χ2v) is 8.96. The fourth-order valence-electron chi connectivity index (χ4n) is 4.97. The van der Waals surface area contributed by atoms with Crippen LogP contribution in [0.25, 0.3) is 5.52 Å². The van der Waals surface area contributed by atoms with Gasteiger partial charge in [-0.2, -0.15) is 10.4 Å². The summed E-state index contributed by atoms with van der Waals surface area (Å²) in [6.07, 6.45) is 8.70. The highest BCUT2D eigenvalue weighted by Crippen LogP contribution is 2.30. The Morgan fingerprint density at radius 2 is 1.61 bits per heavy atom. The van der Waals surface area contributed by atoms with Gasteiger partial charge in [0.15, 0.2) is 0 Å². The number of aromatic nitrogens is 2. The minimum atomic E-state index is 0.0126. The normalized spacial score (nSPS) is 17.2. The maximum absolute atomic E-state index is 13.1. The highest BCUT2D eigenvalue weighted by atomic mass is 16.2. The fraction of sp³-hybridized carbons (Fsp3) is 0.385. The van der Waals surface area contributed by atoms with E-state index in [9.17, 15) is 9.59 Å². The van der Waals surface area contributed by atoms with E-state index in [0.29, 0.717) is 35.7 Å². The topological polar surface area (TPSA) is 81.7 Å². The second-order valence-electron chi connectivity index (χ2n) is 8.96. The van der Waals surface area contributed by atoms with Crippen LogP contribution in [0.4, 0.5) is 0 Å². The number of nitrogens with zero attached hydrogens (tertiary/aromatic N) is 5. The fourth-order valence-corrected chi connectivity index (χ4v) is 4.97. The molecule has 4 heterocycles. The third-order valence-electron chi connectivity index (χ3n) is 6.93. The van der Waals surface area contributed by atoms with Crippen molar-refractivity contribution >= 4 is 17.3 Å². The van der Waals surface area contributed by atoms with Crippen LogP contribution in [0.5, 0.6) is 0 Å². The summed E-state index contributed by atoms with van der Waals surface area (Å²) in [5.41, 5.74) is 3.90. The molecule has 0 spiro atoms.